The number of halogens is 1. The molecule has 1 fully saturated rings. The molecule has 1 saturated heterocycles. The molecule has 0 saturated carbocycles. The number of hydrogen-bond acceptors (Lipinski definition) is 3. The topological polar surface area (TPSA) is 47.4 Å². The highest BCUT2D eigenvalue weighted by Gasteiger charge is 2.27. The van der Waals surface area contributed by atoms with Crippen molar-refractivity contribution in [3.63, 3.8) is 0 Å². The summed E-state index contributed by atoms with van der Waals surface area (Å²) in [7, 11) is 3.62. The lowest BCUT2D eigenvalue weighted by molar-refractivity contribution is 0.0704. The first-order chi connectivity index (χ1) is 10.7. The largest absolute Gasteiger partial charge is 0.497 e. The van der Waals surface area contributed by atoms with Gasteiger partial charge in [0.2, 0.25) is 0 Å². The SMILES string of the molecule is COc1cccc(C(=O)N2CCCC(c3cncn3C)C2)c1.Cl. The summed E-state index contributed by atoms with van der Waals surface area (Å²) in [4.78, 5) is 18.8. The summed E-state index contributed by atoms with van der Waals surface area (Å²) >= 11 is 0. The molecule has 6 heteroatoms. The van der Waals surface area contributed by atoms with E-state index in [-0.39, 0.29) is 18.3 Å². The molecule has 0 radical (unpaired) electrons. The number of nitrogens with zero attached hydrogens (tertiary/aromatic N) is 3. The fourth-order valence-corrected chi connectivity index (χ4v) is 3.10. The summed E-state index contributed by atoms with van der Waals surface area (Å²) < 4.78 is 7.25. The standard InChI is InChI=1S/C17H21N3O2.ClH/c1-19-12-18-10-16(19)14-6-4-8-20(11-14)17(21)13-5-3-7-15(9-13)22-2;/h3,5,7,9-10,12,14H,4,6,8,11H2,1-2H3;1H. The van der Waals surface area contributed by atoms with Crippen molar-refractivity contribution in [2.45, 2.75) is 18.8 Å². The number of ether oxygens (including phenoxy) is 1. The second-order valence-corrected chi connectivity index (χ2v) is 5.75. The molecular formula is C17H22ClN3O2. The molecule has 3 rings (SSSR count). The van der Waals surface area contributed by atoms with Gasteiger partial charge in [-0.15, -0.1) is 12.4 Å². The van der Waals surface area contributed by atoms with Crippen molar-refractivity contribution >= 4 is 18.3 Å². The predicted octanol–water partition coefficient (Wildman–Crippen LogP) is 2.87. The first-order valence-electron chi connectivity index (χ1n) is 7.58. The number of amides is 1. The number of carbonyl (C=O) groups excluding carboxylic acids is 1. The first-order valence-corrected chi connectivity index (χ1v) is 7.58. The van der Waals surface area contributed by atoms with Crippen molar-refractivity contribution in [2.75, 3.05) is 20.2 Å². The van der Waals surface area contributed by atoms with Crippen LogP contribution in [0, 0.1) is 0 Å². The minimum atomic E-state index is 0. The minimum absolute atomic E-state index is 0. The number of aromatic nitrogens is 2. The van der Waals surface area contributed by atoms with Gasteiger partial charge in [-0.2, -0.15) is 0 Å². The third-order valence-electron chi connectivity index (χ3n) is 4.30. The van der Waals surface area contributed by atoms with Crippen molar-refractivity contribution in [1.29, 1.82) is 0 Å². The second-order valence-electron chi connectivity index (χ2n) is 5.75. The maximum Gasteiger partial charge on any atom is 0.254 e. The van der Waals surface area contributed by atoms with Crippen LogP contribution in [0.15, 0.2) is 36.8 Å². The summed E-state index contributed by atoms with van der Waals surface area (Å²) in [6.45, 7) is 1.56. The Morgan fingerprint density at radius 1 is 1.39 bits per heavy atom. The Kier molecular flexibility index (Phi) is 5.66. The van der Waals surface area contributed by atoms with Gasteiger partial charge >= 0.3 is 0 Å². The molecule has 1 aliphatic heterocycles. The number of carbonyl (C=O) groups is 1. The number of methoxy groups -OCH3 is 1. The van der Waals surface area contributed by atoms with E-state index < -0.39 is 0 Å². The van der Waals surface area contributed by atoms with Gasteiger partial charge in [0.1, 0.15) is 5.75 Å². The van der Waals surface area contributed by atoms with Crippen molar-refractivity contribution < 1.29 is 9.53 Å². The van der Waals surface area contributed by atoms with Crippen LogP contribution in [0.4, 0.5) is 0 Å². The summed E-state index contributed by atoms with van der Waals surface area (Å²) in [5.41, 5.74) is 1.88. The zero-order valence-corrected chi connectivity index (χ0v) is 14.3. The number of benzene rings is 1. The molecule has 1 aromatic heterocycles. The molecule has 1 amide bonds. The van der Waals surface area contributed by atoms with Crippen LogP contribution in [0.1, 0.15) is 34.8 Å². The zero-order valence-electron chi connectivity index (χ0n) is 13.4. The number of likely N-dealkylation sites (tertiary alicyclic amines) is 1. The van der Waals surface area contributed by atoms with Gasteiger partial charge in [-0.3, -0.25) is 4.79 Å². The molecule has 5 nitrogen and oxygen atoms in total. The maximum atomic E-state index is 12.7. The molecule has 1 atom stereocenters. The van der Waals surface area contributed by atoms with Gasteiger partial charge in [-0.25, -0.2) is 4.98 Å². The Morgan fingerprint density at radius 3 is 2.91 bits per heavy atom. The Morgan fingerprint density at radius 2 is 2.22 bits per heavy atom. The quantitative estimate of drug-likeness (QED) is 0.866. The van der Waals surface area contributed by atoms with E-state index >= 15 is 0 Å². The molecule has 1 aliphatic rings. The van der Waals surface area contributed by atoms with E-state index in [0.717, 1.165) is 25.9 Å². The van der Waals surface area contributed by atoms with Crippen LogP contribution in [0.25, 0.3) is 0 Å². The van der Waals surface area contributed by atoms with Gasteiger partial charge in [0.25, 0.3) is 5.91 Å². The number of rotatable bonds is 3. The van der Waals surface area contributed by atoms with Crippen LogP contribution in [0.5, 0.6) is 5.75 Å². The number of imidazole rings is 1. The molecule has 2 heterocycles. The fourth-order valence-electron chi connectivity index (χ4n) is 3.10. The highest BCUT2D eigenvalue weighted by atomic mass is 35.5. The van der Waals surface area contributed by atoms with E-state index in [4.69, 9.17) is 4.74 Å². The van der Waals surface area contributed by atoms with Gasteiger partial charge in [0.15, 0.2) is 0 Å². The maximum absolute atomic E-state index is 12.7. The first kappa shape index (κ1) is 17.3. The molecule has 0 bridgehead atoms. The Bertz CT molecular complexity index is 671. The number of hydrogen-bond donors (Lipinski definition) is 0. The molecule has 0 N–H and O–H groups in total. The monoisotopic (exact) mass is 335 g/mol. The van der Waals surface area contributed by atoms with Gasteiger partial charge in [-0.05, 0) is 31.0 Å². The van der Waals surface area contributed by atoms with Crippen molar-refractivity contribution in [2.24, 2.45) is 7.05 Å². The van der Waals surface area contributed by atoms with Crippen LogP contribution in [0.2, 0.25) is 0 Å². The number of aryl methyl sites for hydroxylation is 1. The molecular weight excluding hydrogens is 314 g/mol. The van der Waals surface area contributed by atoms with Crippen molar-refractivity contribution in [3.8, 4) is 5.75 Å². The Hall–Kier alpha value is -2.01. The summed E-state index contributed by atoms with van der Waals surface area (Å²) in [5.74, 6) is 1.15. The predicted molar refractivity (Wildman–Crippen MR) is 91.3 cm³/mol. The lowest BCUT2D eigenvalue weighted by Gasteiger charge is -2.33. The van der Waals surface area contributed by atoms with Crippen LogP contribution in [-0.2, 0) is 7.05 Å². The molecule has 124 valence electrons. The molecule has 1 aromatic carbocycles. The van der Waals surface area contributed by atoms with Crippen molar-refractivity contribution in [3.05, 3.63) is 48.0 Å². The normalized spacial score (nSPS) is 17.5. The summed E-state index contributed by atoms with van der Waals surface area (Å²) in [5, 5.41) is 0. The Labute approximate surface area is 142 Å². The van der Waals surface area contributed by atoms with Crippen LogP contribution >= 0.6 is 12.4 Å². The minimum Gasteiger partial charge on any atom is -0.497 e. The van der Waals surface area contributed by atoms with Gasteiger partial charge in [0.05, 0.1) is 13.4 Å². The van der Waals surface area contributed by atoms with E-state index in [1.807, 2.05) is 47.2 Å². The third kappa shape index (κ3) is 3.67. The molecule has 23 heavy (non-hydrogen) atoms. The van der Waals surface area contributed by atoms with Gasteiger partial charge < -0.3 is 14.2 Å². The van der Waals surface area contributed by atoms with Crippen LogP contribution in [0.3, 0.4) is 0 Å². The van der Waals surface area contributed by atoms with E-state index in [0.29, 0.717) is 17.2 Å². The molecule has 2 aromatic rings. The fraction of sp³-hybridized carbons (Fsp3) is 0.412. The third-order valence-corrected chi connectivity index (χ3v) is 4.30. The molecule has 0 spiro atoms. The zero-order chi connectivity index (χ0) is 15.5. The Balaban J connectivity index is 0.00000192. The summed E-state index contributed by atoms with van der Waals surface area (Å²) in [6.07, 6.45) is 5.84. The van der Waals surface area contributed by atoms with Gasteiger partial charge in [0, 0.05) is 43.5 Å². The van der Waals surface area contributed by atoms with Crippen LogP contribution in [-0.4, -0.2) is 40.6 Å². The highest BCUT2D eigenvalue weighted by molar-refractivity contribution is 5.94. The van der Waals surface area contributed by atoms with Crippen LogP contribution < -0.4 is 4.74 Å². The smallest absolute Gasteiger partial charge is 0.254 e. The van der Waals surface area contributed by atoms with Gasteiger partial charge in [-0.1, -0.05) is 6.07 Å². The lowest BCUT2D eigenvalue weighted by atomic mass is 9.94. The van der Waals surface area contributed by atoms with Crippen molar-refractivity contribution in [1.82, 2.24) is 14.5 Å². The van der Waals surface area contributed by atoms with E-state index in [9.17, 15) is 4.79 Å². The van der Waals surface area contributed by atoms with E-state index in [1.165, 1.54) is 5.69 Å². The second kappa shape index (κ2) is 7.51. The lowest BCUT2D eigenvalue weighted by Crippen LogP contribution is -2.39. The summed E-state index contributed by atoms with van der Waals surface area (Å²) in [6, 6.07) is 7.36. The average molecular weight is 336 g/mol. The van der Waals surface area contributed by atoms with E-state index in [2.05, 4.69) is 4.98 Å². The number of piperidine rings is 1. The van der Waals surface area contributed by atoms with E-state index in [1.54, 1.807) is 13.2 Å². The molecule has 1 unspecified atom stereocenters. The highest BCUT2D eigenvalue weighted by Crippen LogP contribution is 2.27. The molecule has 0 aliphatic carbocycles. The average Bonchev–Trinajstić information content (AvgIpc) is 3.00.